The quantitative estimate of drug-likeness (QED) is 0.590. The predicted molar refractivity (Wildman–Crippen MR) is 111 cm³/mol. The van der Waals surface area contributed by atoms with Crippen LogP contribution in [0, 0.1) is 0 Å². The maximum absolute atomic E-state index is 13.3. The van der Waals surface area contributed by atoms with Crippen molar-refractivity contribution in [2.24, 2.45) is 0 Å². The van der Waals surface area contributed by atoms with Crippen LogP contribution in [0.2, 0.25) is 0 Å². The molecule has 0 aromatic heterocycles. The second kappa shape index (κ2) is 8.79. The highest BCUT2D eigenvalue weighted by molar-refractivity contribution is 7.93. The molecule has 0 aliphatic heterocycles. The van der Waals surface area contributed by atoms with E-state index in [4.69, 9.17) is 9.47 Å². The number of carbonyl (C=O) groups is 1. The highest BCUT2D eigenvalue weighted by Crippen LogP contribution is 2.26. The number of hydrogen-bond acceptors (Lipinski definition) is 5. The summed E-state index contributed by atoms with van der Waals surface area (Å²) in [4.78, 5) is 13.2. The molecular weight excluding hydrogens is 390 g/mol. The molecule has 3 aromatic rings. The molecule has 1 unspecified atom stereocenters. The molecule has 7 heteroatoms. The Morgan fingerprint density at radius 2 is 1.45 bits per heavy atom. The zero-order valence-electron chi connectivity index (χ0n) is 16.1. The van der Waals surface area contributed by atoms with E-state index in [-0.39, 0.29) is 10.6 Å². The Bertz CT molecular complexity index is 1070. The van der Waals surface area contributed by atoms with Crippen LogP contribution >= 0.6 is 0 Å². The van der Waals surface area contributed by atoms with Crippen molar-refractivity contribution in [3.05, 3.63) is 84.9 Å². The van der Waals surface area contributed by atoms with Crippen LogP contribution < -0.4 is 13.8 Å². The molecule has 3 rings (SSSR count). The van der Waals surface area contributed by atoms with Crippen molar-refractivity contribution in [3.8, 4) is 11.5 Å². The zero-order chi connectivity index (χ0) is 20.9. The predicted octanol–water partition coefficient (Wildman–Crippen LogP) is 3.88. The van der Waals surface area contributed by atoms with Gasteiger partial charge in [0.25, 0.3) is 15.9 Å². The lowest BCUT2D eigenvalue weighted by Gasteiger charge is -2.26. The molecule has 0 radical (unpaired) electrons. The third-order valence-electron chi connectivity index (χ3n) is 4.17. The number of ether oxygens (including phenoxy) is 2. The number of carbonyl (C=O) groups excluding carboxylic acids is 1. The van der Waals surface area contributed by atoms with E-state index in [1.807, 2.05) is 0 Å². The average Bonchev–Trinajstić information content (AvgIpc) is 2.75. The van der Waals surface area contributed by atoms with E-state index in [1.54, 1.807) is 72.8 Å². The van der Waals surface area contributed by atoms with Gasteiger partial charge in [0.2, 0.25) is 0 Å². The first-order chi connectivity index (χ1) is 13.9. The number of sulfonamides is 1. The van der Waals surface area contributed by atoms with Gasteiger partial charge < -0.3 is 9.47 Å². The number of nitrogens with zero attached hydrogens (tertiary/aromatic N) is 1. The SMILES string of the molecule is COc1cccc(OC(C)C(=O)N(c2ccccc2)S(=O)(=O)c2ccccc2)c1. The molecule has 3 aromatic carbocycles. The molecule has 0 heterocycles. The van der Waals surface area contributed by atoms with Crippen LogP contribution in [0.3, 0.4) is 0 Å². The number of rotatable bonds is 7. The Morgan fingerprint density at radius 1 is 0.862 bits per heavy atom. The fourth-order valence-corrected chi connectivity index (χ4v) is 4.24. The number of hydrogen-bond donors (Lipinski definition) is 0. The summed E-state index contributed by atoms with van der Waals surface area (Å²) in [6.45, 7) is 1.51. The van der Waals surface area contributed by atoms with Crippen LogP contribution in [0.4, 0.5) is 5.69 Å². The van der Waals surface area contributed by atoms with Gasteiger partial charge in [-0.1, -0.05) is 42.5 Å². The summed E-state index contributed by atoms with van der Waals surface area (Å²) in [6.07, 6.45) is -1.05. The van der Waals surface area contributed by atoms with Crippen LogP contribution in [0.15, 0.2) is 89.8 Å². The third-order valence-corrected chi connectivity index (χ3v) is 5.91. The summed E-state index contributed by atoms with van der Waals surface area (Å²) < 4.78 is 38.2. The fraction of sp³-hybridized carbons (Fsp3) is 0.136. The van der Waals surface area contributed by atoms with Crippen molar-refractivity contribution < 1.29 is 22.7 Å². The molecule has 0 N–H and O–H groups in total. The highest BCUT2D eigenvalue weighted by atomic mass is 32.2. The minimum absolute atomic E-state index is 0.0192. The molecule has 0 saturated carbocycles. The fourth-order valence-electron chi connectivity index (χ4n) is 2.74. The summed E-state index contributed by atoms with van der Waals surface area (Å²) in [6, 6.07) is 22.8. The molecule has 150 valence electrons. The molecule has 29 heavy (non-hydrogen) atoms. The van der Waals surface area contributed by atoms with Crippen molar-refractivity contribution in [2.45, 2.75) is 17.9 Å². The molecule has 6 nitrogen and oxygen atoms in total. The van der Waals surface area contributed by atoms with E-state index in [2.05, 4.69) is 0 Å². The van der Waals surface area contributed by atoms with Gasteiger partial charge in [0.1, 0.15) is 11.5 Å². The molecule has 0 fully saturated rings. The molecule has 1 atom stereocenters. The van der Waals surface area contributed by atoms with Crippen molar-refractivity contribution in [2.75, 3.05) is 11.4 Å². The lowest BCUT2D eigenvalue weighted by atomic mass is 10.3. The minimum Gasteiger partial charge on any atom is -0.497 e. The van der Waals surface area contributed by atoms with Crippen molar-refractivity contribution in [1.29, 1.82) is 0 Å². The summed E-state index contributed by atoms with van der Waals surface area (Å²) >= 11 is 0. The normalized spacial score (nSPS) is 12.1. The van der Waals surface area contributed by atoms with Gasteiger partial charge in [-0.2, -0.15) is 4.31 Å². The summed E-state index contributed by atoms with van der Waals surface area (Å²) in [5.74, 6) is 0.261. The summed E-state index contributed by atoms with van der Waals surface area (Å²) in [5.41, 5.74) is 0.238. The Morgan fingerprint density at radius 3 is 2.07 bits per heavy atom. The Hall–Kier alpha value is -3.32. The number of benzene rings is 3. The third kappa shape index (κ3) is 4.57. The van der Waals surface area contributed by atoms with E-state index in [9.17, 15) is 13.2 Å². The average molecular weight is 411 g/mol. The molecule has 0 aliphatic rings. The lowest BCUT2D eigenvalue weighted by Crippen LogP contribution is -2.44. The number of para-hydroxylation sites is 1. The van der Waals surface area contributed by atoms with Gasteiger partial charge in [-0.05, 0) is 43.3 Å². The first-order valence-corrected chi connectivity index (χ1v) is 10.4. The lowest BCUT2D eigenvalue weighted by molar-refractivity contribution is -0.123. The van der Waals surface area contributed by atoms with E-state index in [0.29, 0.717) is 11.5 Å². The summed E-state index contributed by atoms with van der Waals surface area (Å²) in [7, 11) is -2.60. The van der Waals surface area contributed by atoms with Gasteiger partial charge in [0, 0.05) is 6.07 Å². The second-order valence-corrected chi connectivity index (χ2v) is 7.98. The van der Waals surface area contributed by atoms with Gasteiger partial charge >= 0.3 is 0 Å². The van der Waals surface area contributed by atoms with Gasteiger partial charge in [-0.3, -0.25) is 4.79 Å². The van der Waals surface area contributed by atoms with Crippen LogP contribution in [-0.4, -0.2) is 27.5 Å². The van der Waals surface area contributed by atoms with Crippen molar-refractivity contribution in [1.82, 2.24) is 0 Å². The zero-order valence-corrected chi connectivity index (χ0v) is 16.9. The van der Waals surface area contributed by atoms with Gasteiger partial charge in [0.05, 0.1) is 17.7 Å². The first-order valence-electron chi connectivity index (χ1n) is 8.93. The van der Waals surface area contributed by atoms with E-state index in [0.717, 1.165) is 4.31 Å². The van der Waals surface area contributed by atoms with Crippen LogP contribution in [0.1, 0.15) is 6.92 Å². The maximum Gasteiger partial charge on any atom is 0.281 e. The second-order valence-electron chi connectivity index (χ2n) is 6.20. The van der Waals surface area contributed by atoms with E-state index < -0.39 is 22.0 Å². The number of methoxy groups -OCH3 is 1. The van der Waals surface area contributed by atoms with Crippen LogP contribution in [0.25, 0.3) is 0 Å². The topological polar surface area (TPSA) is 72.9 Å². The molecule has 0 aliphatic carbocycles. The molecular formula is C22H21NO5S. The van der Waals surface area contributed by atoms with Crippen LogP contribution in [-0.2, 0) is 14.8 Å². The first kappa shape index (κ1) is 20.4. The largest absolute Gasteiger partial charge is 0.497 e. The summed E-state index contributed by atoms with van der Waals surface area (Å²) in [5, 5.41) is 0. The van der Waals surface area contributed by atoms with Gasteiger partial charge in [0.15, 0.2) is 6.10 Å². The molecule has 0 bridgehead atoms. The maximum atomic E-state index is 13.3. The smallest absolute Gasteiger partial charge is 0.281 e. The van der Waals surface area contributed by atoms with E-state index >= 15 is 0 Å². The molecule has 0 saturated heterocycles. The minimum atomic E-state index is -4.12. The van der Waals surface area contributed by atoms with Crippen molar-refractivity contribution >= 4 is 21.6 Å². The van der Waals surface area contributed by atoms with Crippen molar-refractivity contribution in [3.63, 3.8) is 0 Å². The monoisotopic (exact) mass is 411 g/mol. The Balaban J connectivity index is 1.97. The van der Waals surface area contributed by atoms with Gasteiger partial charge in [-0.25, -0.2) is 8.42 Å². The van der Waals surface area contributed by atoms with Crippen LogP contribution in [0.5, 0.6) is 11.5 Å². The highest BCUT2D eigenvalue weighted by Gasteiger charge is 2.34. The Kier molecular flexibility index (Phi) is 6.19. The van der Waals surface area contributed by atoms with Gasteiger partial charge in [-0.15, -0.1) is 0 Å². The number of anilines is 1. The Labute approximate surface area is 170 Å². The standard InChI is InChI=1S/C22H21NO5S/c1-17(28-20-13-9-12-19(16-20)27-2)22(24)23(18-10-5-3-6-11-18)29(25,26)21-14-7-4-8-15-21/h3-17H,1-2H3. The number of amides is 1. The van der Waals surface area contributed by atoms with E-state index in [1.165, 1.54) is 26.2 Å². The molecule has 0 spiro atoms. The molecule has 1 amide bonds.